The molecular formula is C18H22N2O4. The maximum atomic E-state index is 12.8. The normalized spacial score (nSPS) is 19.6. The topological polar surface area (TPSA) is 74.8 Å². The van der Waals surface area contributed by atoms with Crippen molar-refractivity contribution in [1.82, 2.24) is 4.90 Å². The zero-order valence-electron chi connectivity index (χ0n) is 14.2. The third kappa shape index (κ3) is 3.22. The molecule has 4 amide bonds. The highest BCUT2D eigenvalue weighted by atomic mass is 16.2. The lowest BCUT2D eigenvalue weighted by Crippen LogP contribution is -2.63. The van der Waals surface area contributed by atoms with Gasteiger partial charge in [0.25, 0.3) is 11.8 Å². The Kier molecular flexibility index (Phi) is 5.49. The van der Waals surface area contributed by atoms with Crippen LogP contribution < -0.4 is 4.90 Å². The number of unbranched alkanes of at least 4 members (excludes halogenated alkanes) is 1. The molecule has 0 bridgehead atoms. The van der Waals surface area contributed by atoms with Gasteiger partial charge in [0.05, 0.1) is 5.69 Å². The van der Waals surface area contributed by atoms with Crippen molar-refractivity contribution in [2.24, 2.45) is 5.92 Å². The number of carbonyl (C=O) groups excluding carboxylic acids is 4. The molecule has 1 heterocycles. The number of barbiturate groups is 1. The first-order chi connectivity index (χ1) is 11.4. The lowest BCUT2D eigenvalue weighted by Gasteiger charge is -2.39. The summed E-state index contributed by atoms with van der Waals surface area (Å²) in [5.74, 6) is -3.49. The molecule has 1 saturated heterocycles. The van der Waals surface area contributed by atoms with Gasteiger partial charge in [0.1, 0.15) is 0 Å². The number of anilines is 1. The Morgan fingerprint density at radius 2 is 1.75 bits per heavy atom. The Morgan fingerprint density at radius 1 is 1.12 bits per heavy atom. The summed E-state index contributed by atoms with van der Waals surface area (Å²) in [4.78, 5) is 51.9. The maximum absolute atomic E-state index is 12.8. The average Bonchev–Trinajstić information content (AvgIpc) is 2.53. The molecule has 1 aromatic carbocycles. The van der Waals surface area contributed by atoms with E-state index in [0.717, 1.165) is 22.6 Å². The van der Waals surface area contributed by atoms with Gasteiger partial charge in [-0.3, -0.25) is 19.3 Å². The number of Topliss-reactive ketones (excluding diaryl/α,β-unsaturated/α-hetero) is 1. The predicted molar refractivity (Wildman–Crippen MR) is 89.3 cm³/mol. The molecule has 1 aromatic rings. The molecule has 128 valence electrons. The van der Waals surface area contributed by atoms with E-state index in [9.17, 15) is 19.2 Å². The third-order valence-corrected chi connectivity index (χ3v) is 4.19. The molecule has 2 atom stereocenters. The van der Waals surface area contributed by atoms with Crippen LogP contribution in [0.1, 0.15) is 40.0 Å². The van der Waals surface area contributed by atoms with E-state index >= 15 is 0 Å². The average molecular weight is 330 g/mol. The van der Waals surface area contributed by atoms with Crippen LogP contribution in [0.25, 0.3) is 0 Å². The van der Waals surface area contributed by atoms with Gasteiger partial charge in [0.15, 0.2) is 11.7 Å². The van der Waals surface area contributed by atoms with E-state index in [2.05, 4.69) is 0 Å². The van der Waals surface area contributed by atoms with E-state index in [4.69, 9.17) is 0 Å². The molecule has 0 spiro atoms. The van der Waals surface area contributed by atoms with Crippen LogP contribution in [-0.4, -0.2) is 34.6 Å². The van der Waals surface area contributed by atoms with E-state index < -0.39 is 29.5 Å². The van der Waals surface area contributed by atoms with Crippen LogP contribution in [-0.2, 0) is 14.4 Å². The molecule has 0 aromatic heterocycles. The number of urea groups is 1. The number of hydrogen-bond donors (Lipinski definition) is 0. The molecule has 2 rings (SSSR count). The van der Waals surface area contributed by atoms with Crippen molar-refractivity contribution in [2.75, 3.05) is 4.90 Å². The van der Waals surface area contributed by atoms with Gasteiger partial charge in [-0.25, -0.2) is 9.69 Å². The molecule has 0 N–H and O–H groups in total. The third-order valence-electron chi connectivity index (χ3n) is 4.19. The number of imide groups is 2. The minimum atomic E-state index is -1.45. The van der Waals surface area contributed by atoms with Crippen molar-refractivity contribution in [3.8, 4) is 0 Å². The summed E-state index contributed by atoms with van der Waals surface area (Å²) in [5.41, 5.74) is 0.360. The highest BCUT2D eigenvalue weighted by Crippen LogP contribution is 2.27. The Morgan fingerprint density at radius 3 is 2.29 bits per heavy atom. The summed E-state index contributed by atoms with van der Waals surface area (Å²) in [6.45, 7) is 4.99. The number of ketones is 1. The smallest absolute Gasteiger partial charge is 0.299 e. The Bertz CT molecular complexity index is 656. The zero-order valence-corrected chi connectivity index (χ0v) is 14.2. The van der Waals surface area contributed by atoms with Crippen LogP contribution in [0.2, 0.25) is 0 Å². The van der Waals surface area contributed by atoms with E-state index in [-0.39, 0.29) is 6.04 Å². The number of rotatable bonds is 6. The lowest BCUT2D eigenvalue weighted by molar-refractivity contribution is -0.146. The summed E-state index contributed by atoms with van der Waals surface area (Å²) < 4.78 is 0. The number of carbonyl (C=O) groups is 4. The van der Waals surface area contributed by atoms with Gasteiger partial charge in [-0.05, 0) is 32.4 Å². The van der Waals surface area contributed by atoms with Crippen molar-refractivity contribution in [3.05, 3.63) is 30.3 Å². The van der Waals surface area contributed by atoms with Crippen LogP contribution in [0.3, 0.4) is 0 Å². The second-order valence-corrected chi connectivity index (χ2v) is 6.03. The van der Waals surface area contributed by atoms with Crippen molar-refractivity contribution in [3.63, 3.8) is 0 Å². The van der Waals surface area contributed by atoms with Gasteiger partial charge in [-0.15, -0.1) is 0 Å². The number of benzene rings is 1. The van der Waals surface area contributed by atoms with E-state index in [1.165, 1.54) is 6.92 Å². The first-order valence-electron chi connectivity index (χ1n) is 8.16. The molecule has 0 radical (unpaired) electrons. The zero-order chi connectivity index (χ0) is 17.9. The minimum Gasteiger partial charge on any atom is -0.299 e. The first kappa shape index (κ1) is 17.8. The van der Waals surface area contributed by atoms with Gasteiger partial charge in [0, 0.05) is 6.04 Å². The molecule has 2 unspecified atom stereocenters. The van der Waals surface area contributed by atoms with Gasteiger partial charge in [-0.1, -0.05) is 38.0 Å². The van der Waals surface area contributed by atoms with Gasteiger partial charge in [0.2, 0.25) is 0 Å². The summed E-state index contributed by atoms with van der Waals surface area (Å²) in [5, 5.41) is 0. The maximum Gasteiger partial charge on any atom is 0.338 e. The van der Waals surface area contributed by atoms with E-state index in [0.29, 0.717) is 12.1 Å². The molecule has 1 aliphatic heterocycles. The van der Waals surface area contributed by atoms with Gasteiger partial charge < -0.3 is 0 Å². The number of para-hydroxylation sites is 1. The van der Waals surface area contributed by atoms with Crippen LogP contribution >= 0.6 is 0 Å². The summed E-state index contributed by atoms with van der Waals surface area (Å²) >= 11 is 0. The van der Waals surface area contributed by atoms with Gasteiger partial charge >= 0.3 is 6.03 Å². The summed E-state index contributed by atoms with van der Waals surface area (Å²) in [6.07, 6.45) is 2.41. The fourth-order valence-corrected chi connectivity index (χ4v) is 2.87. The Hall–Kier alpha value is -2.50. The lowest BCUT2D eigenvalue weighted by atomic mass is 9.96. The SMILES string of the molecule is CCCCC(C)N1C(=O)C(C(C)=O)C(=O)N(c2ccccc2)C1=O. The molecule has 1 aliphatic rings. The van der Waals surface area contributed by atoms with Crippen LogP contribution in [0.4, 0.5) is 10.5 Å². The minimum absolute atomic E-state index is 0.360. The number of nitrogens with zero attached hydrogens (tertiary/aromatic N) is 2. The highest BCUT2D eigenvalue weighted by molar-refractivity contribution is 6.34. The van der Waals surface area contributed by atoms with Crippen LogP contribution in [0, 0.1) is 5.92 Å². The van der Waals surface area contributed by atoms with E-state index in [1.54, 1.807) is 37.3 Å². The number of hydrogen-bond acceptors (Lipinski definition) is 4. The van der Waals surface area contributed by atoms with Gasteiger partial charge in [-0.2, -0.15) is 0 Å². The Balaban J connectivity index is 2.44. The molecule has 0 saturated carbocycles. The second kappa shape index (κ2) is 7.38. The highest BCUT2D eigenvalue weighted by Gasteiger charge is 2.49. The van der Waals surface area contributed by atoms with E-state index in [1.807, 2.05) is 6.92 Å². The van der Waals surface area contributed by atoms with Crippen molar-refractivity contribution >= 4 is 29.3 Å². The quantitative estimate of drug-likeness (QED) is 0.752. The van der Waals surface area contributed by atoms with Crippen molar-refractivity contribution in [1.29, 1.82) is 0 Å². The molecule has 24 heavy (non-hydrogen) atoms. The molecular weight excluding hydrogens is 308 g/mol. The monoisotopic (exact) mass is 330 g/mol. The molecule has 6 heteroatoms. The van der Waals surface area contributed by atoms with Crippen LogP contribution in [0.5, 0.6) is 0 Å². The predicted octanol–water partition coefficient (Wildman–Crippen LogP) is 2.77. The fourth-order valence-electron chi connectivity index (χ4n) is 2.87. The first-order valence-corrected chi connectivity index (χ1v) is 8.16. The summed E-state index contributed by atoms with van der Waals surface area (Å²) in [7, 11) is 0. The Labute approximate surface area is 141 Å². The van der Waals surface area contributed by atoms with Crippen molar-refractivity contribution < 1.29 is 19.2 Å². The molecule has 6 nitrogen and oxygen atoms in total. The fraction of sp³-hybridized carbons (Fsp3) is 0.444. The van der Waals surface area contributed by atoms with Crippen LogP contribution in [0.15, 0.2) is 30.3 Å². The van der Waals surface area contributed by atoms with Crippen molar-refractivity contribution in [2.45, 2.75) is 46.1 Å². The number of amides is 4. The second-order valence-electron chi connectivity index (χ2n) is 6.03. The standard InChI is InChI=1S/C18H22N2O4/c1-4-5-9-12(2)19-16(22)15(13(3)21)17(23)20(18(19)24)14-10-7-6-8-11-14/h6-8,10-12,15H,4-5,9H2,1-3H3. The molecule has 0 aliphatic carbocycles. The summed E-state index contributed by atoms with van der Waals surface area (Å²) in [6, 6.07) is 7.32. The largest absolute Gasteiger partial charge is 0.338 e. The molecule has 1 fully saturated rings.